The van der Waals surface area contributed by atoms with Crippen molar-refractivity contribution in [3.8, 4) is 0 Å². The van der Waals surface area contributed by atoms with Crippen LogP contribution in [0.2, 0.25) is 12.6 Å². The van der Waals surface area contributed by atoms with E-state index >= 15 is 0 Å². The van der Waals surface area contributed by atoms with Gasteiger partial charge in [0.15, 0.2) is 0 Å². The van der Waals surface area contributed by atoms with E-state index in [9.17, 15) is 21.6 Å². The van der Waals surface area contributed by atoms with Gasteiger partial charge in [-0.1, -0.05) is 182 Å². The van der Waals surface area contributed by atoms with Crippen LogP contribution in [0, 0.1) is 0 Å². The molecular weight excluding hydrogens is 1030 g/mol. The highest BCUT2D eigenvalue weighted by Gasteiger charge is 2.79. The van der Waals surface area contributed by atoms with Gasteiger partial charge in [-0.25, -0.2) is 0 Å². The zero-order valence-electron chi connectivity index (χ0n) is 35.2. The summed E-state index contributed by atoms with van der Waals surface area (Å²) >= 11 is 0. The lowest BCUT2D eigenvalue weighted by Gasteiger charge is -2.56. The van der Waals surface area contributed by atoms with Crippen LogP contribution in [0.15, 0.2) is 182 Å². The molecule has 6 bridgehead atoms. The average molecular weight is 1070 g/mol. The van der Waals surface area contributed by atoms with Gasteiger partial charge in [-0.3, -0.25) is 4.18 Å². The molecule has 2 radical (unpaired) electrons. The van der Waals surface area contributed by atoms with Gasteiger partial charge in [0, 0.05) is 32.0 Å². The van der Waals surface area contributed by atoms with Crippen molar-refractivity contribution in [2.45, 2.75) is 18.1 Å². The third-order valence-corrected chi connectivity index (χ3v) is 41.6. The smallest absolute Gasteiger partial charge is 0.410 e. The molecule has 4 fully saturated rings. The maximum Gasteiger partial charge on any atom is 0.523 e. The summed E-state index contributed by atoms with van der Waals surface area (Å²) in [5.74, 6) is 0. The Kier molecular flexibility index (Phi) is 12.8. The van der Waals surface area contributed by atoms with Crippen molar-refractivity contribution in [2.75, 3.05) is 12.8 Å². The van der Waals surface area contributed by atoms with Gasteiger partial charge in [0.1, 0.15) is 0 Å². The summed E-state index contributed by atoms with van der Waals surface area (Å²) in [4.78, 5) is 0. The van der Waals surface area contributed by atoms with Crippen molar-refractivity contribution in [3.63, 3.8) is 0 Å². The Labute approximate surface area is 394 Å². The van der Waals surface area contributed by atoms with Gasteiger partial charge in [0.05, 0.1) is 12.8 Å². The fraction of sp³-hybridized carbons (Fsp3) is 0.122. The second-order valence-corrected chi connectivity index (χ2v) is 38.7. The number of benzene rings is 6. The van der Waals surface area contributed by atoms with E-state index < -0.39 is 99.4 Å². The molecule has 4 saturated heterocycles. The molecule has 0 aromatic heterocycles. The largest absolute Gasteiger partial charge is 0.523 e. The Balaban J connectivity index is 1.35. The van der Waals surface area contributed by atoms with Crippen LogP contribution in [-0.4, -0.2) is 97.9 Å². The van der Waals surface area contributed by atoms with Crippen molar-refractivity contribution in [1.29, 1.82) is 0 Å². The van der Waals surface area contributed by atoms with Crippen LogP contribution >= 0.6 is 0 Å². The predicted molar refractivity (Wildman–Crippen MR) is 251 cm³/mol. The highest BCUT2D eigenvalue weighted by Crippen LogP contribution is 2.43. The summed E-state index contributed by atoms with van der Waals surface area (Å²) in [5, 5.41) is 2.56. The molecule has 346 valence electrons. The fourth-order valence-corrected chi connectivity index (χ4v) is 46.9. The molecule has 6 unspecified atom stereocenters. The number of rotatable bonds is 10. The molecule has 10 rings (SSSR count). The fourth-order valence-electron chi connectivity index (χ4n) is 7.73. The van der Waals surface area contributed by atoms with Crippen LogP contribution in [-0.2, 0) is 59.9 Å². The average Bonchev–Trinajstić information content (AvgIpc) is 3.38. The van der Waals surface area contributed by atoms with Gasteiger partial charge in [0.25, 0.3) is 0 Å². The lowest BCUT2D eigenvalue weighted by Crippen LogP contribution is -2.88. The molecule has 0 saturated carbocycles. The maximum absolute atomic E-state index is 14.0. The van der Waals surface area contributed by atoms with Crippen molar-refractivity contribution >= 4 is 112 Å². The molecule has 26 heteroatoms. The van der Waals surface area contributed by atoms with Gasteiger partial charge >= 0.3 is 77.7 Å². The minimum Gasteiger partial charge on any atom is -0.410 e. The molecule has 6 aromatic carbocycles. The number of fused-ring (bicyclic) bond motifs is 4. The van der Waals surface area contributed by atoms with E-state index in [1.807, 2.05) is 49.0 Å². The number of hydrogen-bond acceptors (Lipinski definition) is 14. The first-order valence-corrected chi connectivity index (χ1v) is 36.2. The van der Waals surface area contributed by atoms with Crippen LogP contribution < -0.4 is 31.1 Å². The van der Waals surface area contributed by atoms with Crippen molar-refractivity contribution < 1.29 is 71.3 Å². The normalized spacial score (nSPS) is 30.5. The summed E-state index contributed by atoms with van der Waals surface area (Å²) in [5.41, 5.74) is -5.75. The van der Waals surface area contributed by atoms with E-state index in [0.717, 1.165) is 0 Å². The Bertz CT molecular complexity index is 2780. The lowest BCUT2D eigenvalue weighted by atomic mass is 10.4. The molecule has 6 aromatic rings. The van der Waals surface area contributed by atoms with Crippen LogP contribution in [0.1, 0.15) is 0 Å². The van der Waals surface area contributed by atoms with Gasteiger partial charge in [0.2, 0.25) is 9.04 Å². The van der Waals surface area contributed by atoms with Crippen LogP contribution in [0.5, 0.6) is 0 Å². The van der Waals surface area contributed by atoms with Crippen molar-refractivity contribution in [2.24, 2.45) is 0 Å². The quantitative estimate of drug-likeness (QED) is 0.113. The maximum atomic E-state index is 14.0. The zero-order valence-corrected chi connectivity index (χ0v) is 44.0. The summed E-state index contributed by atoms with van der Waals surface area (Å²) in [6, 6.07) is 52.7. The summed E-state index contributed by atoms with van der Waals surface area (Å²) < 4.78 is 155. The molecule has 6 atom stereocenters. The third-order valence-electron chi connectivity index (χ3n) is 10.7. The van der Waals surface area contributed by atoms with E-state index in [0.29, 0.717) is 31.1 Å². The highest BCUT2D eigenvalue weighted by atomic mass is 32.2. The second-order valence-electron chi connectivity index (χ2n) is 15.4. The second kappa shape index (κ2) is 18.2. The first-order chi connectivity index (χ1) is 32.2. The molecule has 4 aliphatic rings. The molecule has 14 nitrogen and oxygen atoms in total. The first-order valence-electron chi connectivity index (χ1n) is 20.8. The first kappa shape index (κ1) is 47.0. The van der Waals surface area contributed by atoms with Gasteiger partial charge in [-0.15, -0.1) is 0 Å². The topological polar surface area (TPSA) is 145 Å². The standard InChI is InChI=1S/C41H39F3O14SSi8/c1-60-34-48-63(36-22-10-3-11-23-36)52-62(33-32-47-59(45,46)41(42,43)44)50-61(35-20-8-2-9-21-35)51-65(38-26-14-5-15-27-38)55-64(49-60,37-24-12-4-13-25-37)56-67(54-63,40-30-18-7-19-31-40)58-66(53-62,57-65)39-28-16-6-17-29-39/h2-31H,32-34H2,1H3. The van der Waals surface area contributed by atoms with Crippen LogP contribution in [0.25, 0.3) is 0 Å². The van der Waals surface area contributed by atoms with Crippen molar-refractivity contribution in [3.05, 3.63) is 182 Å². The Morgan fingerprint density at radius 2 is 0.851 bits per heavy atom. The molecular formula is C41H39F3O14SSi8. The Morgan fingerprint density at radius 3 is 1.33 bits per heavy atom. The minimum atomic E-state index is -6.13. The minimum absolute atomic E-state index is 0.123. The van der Waals surface area contributed by atoms with Crippen LogP contribution in [0.4, 0.5) is 13.2 Å². The van der Waals surface area contributed by atoms with E-state index in [1.165, 1.54) is 0 Å². The summed E-state index contributed by atoms with van der Waals surface area (Å²) in [6.45, 7) is 0.750. The molecule has 67 heavy (non-hydrogen) atoms. The Hall–Kier alpha value is -3.68. The predicted octanol–water partition coefficient (Wildman–Crippen LogP) is 2.81. The SMILES string of the molecule is C[Si]1CO[Si]2(c3ccccc3)O[Si]3(CCOS(=O)(=O)C(F)(F)F)O[Si](c4ccccc4)O[Si]4(c5ccccc5)O[Si](c5ccccc5)(O1)O[Si](c1ccccc1)(O2)O[Si](c1ccccc1)(O3)O4. The van der Waals surface area contributed by atoms with Gasteiger partial charge in [-0.05, 0) is 11.7 Å². The van der Waals surface area contributed by atoms with Gasteiger partial charge in [-0.2, -0.15) is 21.6 Å². The molecule has 0 amide bonds. The molecule has 0 N–H and O–H groups in total. The molecule has 0 spiro atoms. The zero-order chi connectivity index (χ0) is 46.4. The van der Waals surface area contributed by atoms with Gasteiger partial charge < -0.3 is 45.6 Å². The molecule has 4 heterocycles. The Morgan fingerprint density at radius 1 is 0.493 bits per heavy atom. The molecule has 0 aliphatic carbocycles. The van der Waals surface area contributed by atoms with E-state index in [2.05, 4.69) is 0 Å². The number of alkyl halides is 3. The monoisotopic (exact) mass is 1070 g/mol. The summed E-state index contributed by atoms with van der Waals surface area (Å²) in [7, 11) is -40.5. The third kappa shape index (κ3) is 9.04. The highest BCUT2D eigenvalue weighted by molar-refractivity contribution is 7.87. The number of halogens is 3. The van der Waals surface area contributed by atoms with Crippen LogP contribution in [0.3, 0.4) is 0 Å². The molecule has 4 aliphatic heterocycles. The van der Waals surface area contributed by atoms with Crippen molar-refractivity contribution in [1.82, 2.24) is 0 Å². The van der Waals surface area contributed by atoms with E-state index in [-0.39, 0.29) is 6.23 Å². The lowest BCUT2D eigenvalue weighted by molar-refractivity contribution is -0.0542. The number of hydrogen-bond donors (Lipinski definition) is 0. The van der Waals surface area contributed by atoms with E-state index in [1.54, 1.807) is 140 Å². The summed E-state index contributed by atoms with van der Waals surface area (Å²) in [6.07, 6.45) is -0.123. The van der Waals surface area contributed by atoms with E-state index in [4.69, 9.17) is 49.8 Å².